The topological polar surface area (TPSA) is 48.0 Å². The summed E-state index contributed by atoms with van der Waals surface area (Å²) in [6, 6.07) is 3.57. The van der Waals surface area contributed by atoms with Gasteiger partial charge in [-0.15, -0.1) is 0 Å². The van der Waals surface area contributed by atoms with Gasteiger partial charge in [0.25, 0.3) is 0 Å². The predicted molar refractivity (Wildman–Crippen MR) is 90.2 cm³/mol. The molecule has 23 heavy (non-hydrogen) atoms. The number of carbonyl (C=O) groups excluding carboxylic acids is 1. The lowest BCUT2D eigenvalue weighted by Crippen LogP contribution is -2.30. The molecule has 0 unspecified atom stereocenters. The monoisotopic (exact) mass is 319 g/mol. The standard InChI is InChI=1S/C18H25NO4/c1-21-15-13-17(23-3)16(22-2)12-14(15)8-9-18(20)19-10-6-4-5-7-11-19/h8-9,12-13H,4-7,10-11H2,1-3H3/b9-8+. The number of benzene rings is 1. The van der Waals surface area contributed by atoms with E-state index < -0.39 is 0 Å². The molecule has 0 saturated carbocycles. The Morgan fingerprint density at radius 1 is 0.913 bits per heavy atom. The molecule has 0 aromatic heterocycles. The van der Waals surface area contributed by atoms with Crippen molar-refractivity contribution in [1.29, 1.82) is 0 Å². The molecule has 1 saturated heterocycles. The van der Waals surface area contributed by atoms with Crippen LogP contribution in [0.2, 0.25) is 0 Å². The van der Waals surface area contributed by atoms with Crippen molar-refractivity contribution < 1.29 is 19.0 Å². The maximum Gasteiger partial charge on any atom is 0.246 e. The first-order valence-corrected chi connectivity index (χ1v) is 7.96. The second-order valence-corrected chi connectivity index (χ2v) is 5.52. The Kier molecular flexibility index (Phi) is 6.32. The smallest absolute Gasteiger partial charge is 0.246 e. The number of amides is 1. The van der Waals surface area contributed by atoms with Gasteiger partial charge in [0.2, 0.25) is 5.91 Å². The van der Waals surface area contributed by atoms with E-state index in [0.717, 1.165) is 31.5 Å². The molecular weight excluding hydrogens is 294 g/mol. The molecule has 0 radical (unpaired) electrons. The third-order valence-electron chi connectivity index (χ3n) is 4.06. The van der Waals surface area contributed by atoms with Gasteiger partial charge < -0.3 is 19.1 Å². The normalized spacial score (nSPS) is 15.3. The molecule has 1 aliphatic rings. The number of methoxy groups -OCH3 is 3. The SMILES string of the molecule is COc1cc(OC)c(OC)cc1/C=C/C(=O)N1CCCCCC1. The first-order chi connectivity index (χ1) is 11.2. The molecular formula is C18H25NO4. The third kappa shape index (κ3) is 4.41. The van der Waals surface area contributed by atoms with Crippen LogP contribution in [0.5, 0.6) is 17.2 Å². The van der Waals surface area contributed by atoms with E-state index in [9.17, 15) is 4.79 Å². The fourth-order valence-corrected chi connectivity index (χ4v) is 2.74. The molecule has 2 rings (SSSR count). The largest absolute Gasteiger partial charge is 0.496 e. The van der Waals surface area contributed by atoms with Gasteiger partial charge in [-0.25, -0.2) is 0 Å². The van der Waals surface area contributed by atoms with E-state index in [1.807, 2.05) is 11.0 Å². The summed E-state index contributed by atoms with van der Waals surface area (Å²) in [5.41, 5.74) is 0.785. The van der Waals surface area contributed by atoms with Crippen LogP contribution in [-0.2, 0) is 4.79 Å². The molecule has 0 bridgehead atoms. The Labute approximate surface area is 137 Å². The van der Waals surface area contributed by atoms with Crippen LogP contribution in [0.4, 0.5) is 0 Å². The van der Waals surface area contributed by atoms with E-state index >= 15 is 0 Å². The fourth-order valence-electron chi connectivity index (χ4n) is 2.74. The van der Waals surface area contributed by atoms with Crippen LogP contribution in [0.3, 0.4) is 0 Å². The minimum atomic E-state index is 0.0451. The zero-order valence-corrected chi connectivity index (χ0v) is 14.1. The quantitative estimate of drug-likeness (QED) is 0.782. The van der Waals surface area contributed by atoms with Crippen LogP contribution in [-0.4, -0.2) is 45.2 Å². The highest BCUT2D eigenvalue weighted by Crippen LogP contribution is 2.35. The molecule has 0 aliphatic carbocycles. The molecule has 1 amide bonds. The number of likely N-dealkylation sites (tertiary alicyclic amines) is 1. The summed E-state index contributed by atoms with van der Waals surface area (Å²) in [5.74, 6) is 1.89. The number of rotatable bonds is 5. The summed E-state index contributed by atoms with van der Waals surface area (Å²) in [6.45, 7) is 1.68. The van der Waals surface area contributed by atoms with Crippen LogP contribution in [0, 0.1) is 0 Å². The van der Waals surface area contributed by atoms with Crippen molar-refractivity contribution in [3.63, 3.8) is 0 Å². The first kappa shape index (κ1) is 17.2. The molecule has 0 N–H and O–H groups in total. The minimum Gasteiger partial charge on any atom is -0.496 e. The van der Waals surface area contributed by atoms with E-state index in [0.29, 0.717) is 17.2 Å². The summed E-state index contributed by atoms with van der Waals surface area (Å²) >= 11 is 0. The van der Waals surface area contributed by atoms with E-state index in [-0.39, 0.29) is 5.91 Å². The van der Waals surface area contributed by atoms with Gasteiger partial charge in [-0.05, 0) is 25.0 Å². The Hall–Kier alpha value is -2.17. The fraction of sp³-hybridized carbons (Fsp3) is 0.500. The van der Waals surface area contributed by atoms with Gasteiger partial charge in [0.15, 0.2) is 11.5 Å². The van der Waals surface area contributed by atoms with Crippen molar-refractivity contribution in [3.05, 3.63) is 23.8 Å². The van der Waals surface area contributed by atoms with Gasteiger partial charge >= 0.3 is 0 Å². The van der Waals surface area contributed by atoms with Crippen molar-refractivity contribution in [3.8, 4) is 17.2 Å². The summed E-state index contributed by atoms with van der Waals surface area (Å²) < 4.78 is 15.9. The van der Waals surface area contributed by atoms with Crippen LogP contribution in [0.25, 0.3) is 6.08 Å². The molecule has 5 nitrogen and oxygen atoms in total. The minimum absolute atomic E-state index is 0.0451. The molecule has 1 aliphatic heterocycles. The number of hydrogen-bond acceptors (Lipinski definition) is 4. The van der Waals surface area contributed by atoms with Crippen molar-refractivity contribution in [1.82, 2.24) is 4.90 Å². The zero-order chi connectivity index (χ0) is 16.7. The molecule has 1 aromatic rings. The van der Waals surface area contributed by atoms with Crippen LogP contribution < -0.4 is 14.2 Å². The summed E-state index contributed by atoms with van der Waals surface area (Å²) in [4.78, 5) is 14.3. The maximum atomic E-state index is 12.3. The number of ether oxygens (including phenoxy) is 3. The number of carbonyl (C=O) groups is 1. The second-order valence-electron chi connectivity index (χ2n) is 5.52. The summed E-state index contributed by atoms with van der Waals surface area (Å²) in [6.07, 6.45) is 7.95. The first-order valence-electron chi connectivity index (χ1n) is 7.96. The van der Waals surface area contributed by atoms with Crippen molar-refractivity contribution >= 4 is 12.0 Å². The zero-order valence-electron chi connectivity index (χ0n) is 14.1. The van der Waals surface area contributed by atoms with Crippen LogP contribution in [0.1, 0.15) is 31.2 Å². The lowest BCUT2D eigenvalue weighted by Gasteiger charge is -2.18. The van der Waals surface area contributed by atoms with Gasteiger partial charge in [-0.2, -0.15) is 0 Å². The van der Waals surface area contributed by atoms with Crippen molar-refractivity contribution in [2.75, 3.05) is 34.4 Å². The molecule has 0 spiro atoms. The summed E-state index contributed by atoms with van der Waals surface area (Å²) in [7, 11) is 4.76. The molecule has 1 heterocycles. The van der Waals surface area contributed by atoms with Crippen LogP contribution in [0.15, 0.2) is 18.2 Å². The maximum absolute atomic E-state index is 12.3. The Balaban J connectivity index is 2.18. The Morgan fingerprint density at radius 2 is 1.48 bits per heavy atom. The number of nitrogens with zero attached hydrogens (tertiary/aromatic N) is 1. The van der Waals surface area contributed by atoms with Gasteiger partial charge in [0, 0.05) is 30.8 Å². The highest BCUT2D eigenvalue weighted by molar-refractivity contribution is 5.92. The van der Waals surface area contributed by atoms with E-state index in [1.54, 1.807) is 39.5 Å². The molecule has 0 atom stereocenters. The van der Waals surface area contributed by atoms with Gasteiger partial charge in [-0.3, -0.25) is 4.79 Å². The predicted octanol–water partition coefficient (Wildman–Crippen LogP) is 3.13. The van der Waals surface area contributed by atoms with E-state index in [1.165, 1.54) is 12.8 Å². The average Bonchev–Trinajstić information content (AvgIpc) is 2.88. The van der Waals surface area contributed by atoms with Crippen LogP contribution >= 0.6 is 0 Å². The van der Waals surface area contributed by atoms with Crippen molar-refractivity contribution in [2.24, 2.45) is 0 Å². The van der Waals surface area contributed by atoms with Crippen molar-refractivity contribution in [2.45, 2.75) is 25.7 Å². The second kappa shape index (κ2) is 8.46. The summed E-state index contributed by atoms with van der Waals surface area (Å²) in [5, 5.41) is 0. The molecule has 126 valence electrons. The van der Waals surface area contributed by atoms with Gasteiger partial charge in [-0.1, -0.05) is 12.8 Å². The highest BCUT2D eigenvalue weighted by Gasteiger charge is 2.14. The van der Waals surface area contributed by atoms with Gasteiger partial charge in [0.05, 0.1) is 21.3 Å². The molecule has 5 heteroatoms. The lowest BCUT2D eigenvalue weighted by atomic mass is 10.1. The third-order valence-corrected chi connectivity index (χ3v) is 4.06. The average molecular weight is 319 g/mol. The Morgan fingerprint density at radius 3 is 2.04 bits per heavy atom. The highest BCUT2D eigenvalue weighted by atomic mass is 16.5. The van der Waals surface area contributed by atoms with E-state index in [4.69, 9.17) is 14.2 Å². The van der Waals surface area contributed by atoms with Gasteiger partial charge in [0.1, 0.15) is 5.75 Å². The molecule has 1 fully saturated rings. The van der Waals surface area contributed by atoms with E-state index in [2.05, 4.69) is 0 Å². The molecule has 1 aromatic carbocycles. The lowest BCUT2D eigenvalue weighted by molar-refractivity contribution is -0.125. The number of hydrogen-bond donors (Lipinski definition) is 0. The Bertz CT molecular complexity index is 560.